The maximum Gasteiger partial charge on any atom is 0.343 e. The lowest BCUT2D eigenvalue weighted by molar-refractivity contribution is -0.143. The molecule has 1 heterocycles. The lowest BCUT2D eigenvalue weighted by atomic mass is 10.1. The van der Waals surface area contributed by atoms with Gasteiger partial charge in [-0.05, 0) is 36.0 Å². The van der Waals surface area contributed by atoms with E-state index >= 15 is 0 Å². The molecule has 130 valence electrons. The van der Waals surface area contributed by atoms with Gasteiger partial charge in [-0.15, -0.1) is 6.58 Å². The quantitative estimate of drug-likeness (QED) is 0.268. The van der Waals surface area contributed by atoms with Gasteiger partial charge in [0.2, 0.25) is 0 Å². The van der Waals surface area contributed by atoms with Gasteiger partial charge in [-0.2, -0.15) is 0 Å². The van der Waals surface area contributed by atoms with Crippen molar-refractivity contribution in [3.8, 4) is 5.75 Å². The van der Waals surface area contributed by atoms with Gasteiger partial charge in [0.05, 0.1) is 7.11 Å². The Hall–Kier alpha value is -3.00. The molecule has 1 aliphatic heterocycles. The van der Waals surface area contributed by atoms with E-state index in [1.165, 1.54) is 24.2 Å². The summed E-state index contributed by atoms with van der Waals surface area (Å²) in [6.45, 7) is 3.57. The molecular weight excluding hydrogens is 344 g/mol. The average molecular weight is 360 g/mol. The van der Waals surface area contributed by atoms with Gasteiger partial charge in [-0.1, -0.05) is 18.2 Å². The molecule has 1 aliphatic rings. The maximum atomic E-state index is 12.4. The second-order valence-corrected chi connectivity index (χ2v) is 5.34. The zero-order chi connectivity index (χ0) is 18.4. The second kappa shape index (κ2) is 8.20. The first-order valence-corrected chi connectivity index (χ1v) is 7.66. The smallest absolute Gasteiger partial charge is 0.343 e. The zero-order valence-corrected chi connectivity index (χ0v) is 14.3. The molecule has 1 aromatic carbocycles. The lowest BCUT2D eigenvalue weighted by Gasteiger charge is -2.27. The van der Waals surface area contributed by atoms with E-state index in [2.05, 4.69) is 16.6 Å². The van der Waals surface area contributed by atoms with Crippen molar-refractivity contribution in [3.63, 3.8) is 0 Å². The van der Waals surface area contributed by atoms with Crippen LogP contribution in [-0.2, 0) is 19.1 Å². The standard InChI is InChI=1S/C17H16N2O5S/c1-3-8-19-16(22)13(15(21)18-17(19)25)9-11-4-6-12(7-5-11)24-10-14(20)23-2/h3-7,9H,1,8,10H2,2H3,(H,18,21,25)/b13-9+. The van der Waals surface area contributed by atoms with Crippen LogP contribution in [0.5, 0.6) is 5.75 Å². The highest BCUT2D eigenvalue weighted by Crippen LogP contribution is 2.17. The van der Waals surface area contributed by atoms with Gasteiger partial charge in [0, 0.05) is 6.54 Å². The third-order valence-corrected chi connectivity index (χ3v) is 3.60. The summed E-state index contributed by atoms with van der Waals surface area (Å²) in [5, 5.41) is 2.53. The third-order valence-electron chi connectivity index (χ3n) is 3.27. The first-order valence-electron chi connectivity index (χ1n) is 7.25. The fourth-order valence-corrected chi connectivity index (χ4v) is 2.27. The van der Waals surface area contributed by atoms with Crippen LogP contribution in [0.3, 0.4) is 0 Å². The van der Waals surface area contributed by atoms with Crippen molar-refractivity contribution < 1.29 is 23.9 Å². The number of amides is 2. The van der Waals surface area contributed by atoms with Crippen LogP contribution in [0.15, 0.2) is 42.5 Å². The number of hydrogen-bond donors (Lipinski definition) is 1. The van der Waals surface area contributed by atoms with E-state index in [0.29, 0.717) is 11.3 Å². The van der Waals surface area contributed by atoms with Crippen LogP contribution in [0.25, 0.3) is 6.08 Å². The summed E-state index contributed by atoms with van der Waals surface area (Å²) in [4.78, 5) is 36.7. The summed E-state index contributed by atoms with van der Waals surface area (Å²) >= 11 is 4.99. The number of carbonyl (C=O) groups excluding carboxylic acids is 3. The SMILES string of the molecule is C=CCN1C(=O)/C(=C/c2ccc(OCC(=O)OC)cc2)C(=O)NC1=S. The monoisotopic (exact) mass is 360 g/mol. The number of methoxy groups -OCH3 is 1. The van der Waals surface area contributed by atoms with E-state index in [4.69, 9.17) is 17.0 Å². The average Bonchev–Trinajstić information content (AvgIpc) is 2.61. The van der Waals surface area contributed by atoms with Gasteiger partial charge < -0.3 is 9.47 Å². The molecular formula is C17H16N2O5S. The van der Waals surface area contributed by atoms with Crippen LogP contribution in [0.1, 0.15) is 5.56 Å². The van der Waals surface area contributed by atoms with Crippen LogP contribution in [0, 0.1) is 0 Å². The molecule has 0 spiro atoms. The molecule has 2 amide bonds. The van der Waals surface area contributed by atoms with Crippen molar-refractivity contribution in [3.05, 3.63) is 48.1 Å². The van der Waals surface area contributed by atoms with E-state index in [1.807, 2.05) is 0 Å². The van der Waals surface area contributed by atoms with Crippen molar-refractivity contribution in [1.29, 1.82) is 0 Å². The Morgan fingerprint density at radius 1 is 1.32 bits per heavy atom. The predicted octanol–water partition coefficient (Wildman–Crippen LogP) is 1.05. The van der Waals surface area contributed by atoms with Crippen molar-refractivity contribution in [1.82, 2.24) is 10.2 Å². The highest BCUT2D eigenvalue weighted by atomic mass is 32.1. The van der Waals surface area contributed by atoms with Crippen molar-refractivity contribution in [2.24, 2.45) is 0 Å². The highest BCUT2D eigenvalue weighted by Gasteiger charge is 2.32. The van der Waals surface area contributed by atoms with Crippen LogP contribution in [-0.4, -0.2) is 48.1 Å². The minimum Gasteiger partial charge on any atom is -0.482 e. The number of carbonyl (C=O) groups is 3. The number of thiocarbonyl (C=S) groups is 1. The van der Waals surface area contributed by atoms with Crippen LogP contribution in [0.2, 0.25) is 0 Å². The fraction of sp³-hybridized carbons (Fsp3) is 0.176. The van der Waals surface area contributed by atoms with E-state index in [9.17, 15) is 14.4 Å². The van der Waals surface area contributed by atoms with E-state index in [1.54, 1.807) is 24.3 Å². The first-order chi connectivity index (χ1) is 12.0. The normalized spacial score (nSPS) is 15.8. The van der Waals surface area contributed by atoms with Gasteiger partial charge in [0.1, 0.15) is 11.3 Å². The van der Waals surface area contributed by atoms with Gasteiger partial charge in [-0.3, -0.25) is 19.8 Å². The van der Waals surface area contributed by atoms with Gasteiger partial charge in [-0.25, -0.2) is 4.79 Å². The topological polar surface area (TPSA) is 84.9 Å². The van der Waals surface area contributed by atoms with Crippen molar-refractivity contribution in [2.45, 2.75) is 0 Å². The minimum atomic E-state index is -0.554. The van der Waals surface area contributed by atoms with E-state index < -0.39 is 17.8 Å². The predicted molar refractivity (Wildman–Crippen MR) is 94.6 cm³/mol. The molecule has 0 aromatic heterocycles. The van der Waals surface area contributed by atoms with Gasteiger partial charge >= 0.3 is 5.97 Å². The number of rotatable bonds is 6. The van der Waals surface area contributed by atoms with Gasteiger partial charge in [0.15, 0.2) is 11.7 Å². The van der Waals surface area contributed by atoms with Crippen LogP contribution < -0.4 is 10.1 Å². The third kappa shape index (κ3) is 4.51. The lowest BCUT2D eigenvalue weighted by Crippen LogP contribution is -2.53. The molecule has 25 heavy (non-hydrogen) atoms. The Morgan fingerprint density at radius 3 is 2.60 bits per heavy atom. The Labute approximate surface area is 149 Å². The molecule has 1 fully saturated rings. The molecule has 0 atom stereocenters. The largest absolute Gasteiger partial charge is 0.482 e. The molecule has 0 aliphatic carbocycles. The molecule has 8 heteroatoms. The Morgan fingerprint density at radius 2 is 2.00 bits per heavy atom. The summed E-state index contributed by atoms with van der Waals surface area (Å²) in [7, 11) is 1.27. The molecule has 0 bridgehead atoms. The van der Waals surface area contributed by atoms with E-state index in [0.717, 1.165) is 0 Å². The summed E-state index contributed by atoms with van der Waals surface area (Å²) in [5.74, 6) is -1.07. The molecule has 0 saturated carbocycles. The van der Waals surface area contributed by atoms with Crippen molar-refractivity contribution in [2.75, 3.05) is 20.3 Å². The summed E-state index contributed by atoms with van der Waals surface area (Å²) in [6.07, 6.45) is 2.98. The number of ether oxygens (including phenoxy) is 2. The summed E-state index contributed by atoms with van der Waals surface area (Å²) in [5.41, 5.74) is 0.592. The molecule has 1 aromatic rings. The van der Waals surface area contributed by atoms with Crippen molar-refractivity contribution >= 4 is 41.2 Å². The second-order valence-electron chi connectivity index (χ2n) is 4.96. The fourth-order valence-electron chi connectivity index (χ4n) is 2.02. The molecule has 7 nitrogen and oxygen atoms in total. The first kappa shape index (κ1) is 18.3. The van der Waals surface area contributed by atoms with Crippen LogP contribution in [0.4, 0.5) is 0 Å². The number of benzene rings is 1. The number of hydrogen-bond acceptors (Lipinski definition) is 6. The van der Waals surface area contributed by atoms with E-state index in [-0.39, 0.29) is 23.8 Å². The summed E-state index contributed by atoms with van der Waals surface area (Å²) in [6, 6.07) is 6.55. The maximum absolute atomic E-state index is 12.4. The molecule has 1 N–H and O–H groups in total. The van der Waals surface area contributed by atoms with Gasteiger partial charge in [0.25, 0.3) is 11.8 Å². The highest BCUT2D eigenvalue weighted by molar-refractivity contribution is 7.80. The summed E-state index contributed by atoms with van der Waals surface area (Å²) < 4.78 is 9.71. The Kier molecular flexibility index (Phi) is 6.02. The molecule has 0 radical (unpaired) electrons. The number of nitrogens with zero attached hydrogens (tertiary/aromatic N) is 1. The number of esters is 1. The Bertz CT molecular complexity index is 755. The molecule has 2 rings (SSSR count). The Balaban J connectivity index is 2.16. The molecule has 0 unspecified atom stereocenters. The molecule has 1 saturated heterocycles. The minimum absolute atomic E-state index is 0.0290. The zero-order valence-electron chi connectivity index (χ0n) is 13.5. The van der Waals surface area contributed by atoms with Crippen LogP contribution >= 0.6 is 12.2 Å². The number of nitrogens with one attached hydrogen (secondary N) is 1.